The van der Waals surface area contributed by atoms with Crippen molar-refractivity contribution in [3.63, 3.8) is 0 Å². The number of anilines is 2. The summed E-state index contributed by atoms with van der Waals surface area (Å²) in [6, 6.07) is 15.0. The minimum Gasteiger partial charge on any atom is -0.481 e. The molecule has 34 heavy (non-hydrogen) atoms. The Morgan fingerprint density at radius 2 is 1.85 bits per heavy atom. The molecule has 8 nitrogen and oxygen atoms in total. The molecule has 0 fully saturated rings. The van der Waals surface area contributed by atoms with Crippen LogP contribution in [0.15, 0.2) is 77.6 Å². The van der Waals surface area contributed by atoms with E-state index in [0.717, 1.165) is 28.8 Å². The first kappa shape index (κ1) is 22.8. The molecule has 0 spiro atoms. The Balaban J connectivity index is 1.36. The van der Waals surface area contributed by atoms with Crippen molar-refractivity contribution in [2.75, 3.05) is 17.7 Å². The largest absolute Gasteiger partial charge is 0.481 e. The van der Waals surface area contributed by atoms with Crippen molar-refractivity contribution in [3.8, 4) is 17.0 Å². The lowest BCUT2D eigenvalue weighted by atomic mass is 10.1. The van der Waals surface area contributed by atoms with Gasteiger partial charge in [0.15, 0.2) is 0 Å². The molecule has 0 bridgehead atoms. The second kappa shape index (κ2) is 9.61. The number of nitrogens with zero attached hydrogens (tertiary/aromatic N) is 3. The summed E-state index contributed by atoms with van der Waals surface area (Å²) in [5.74, 6) is 0.557. The maximum Gasteiger partial charge on any atom is 0.416 e. The molecular formula is C23H19F3N5O3+. The minimum atomic E-state index is -4.51. The molecule has 2 heterocycles. The van der Waals surface area contributed by atoms with Gasteiger partial charge in [0.05, 0.1) is 12.7 Å². The second-order valence-electron chi connectivity index (χ2n) is 7.21. The van der Waals surface area contributed by atoms with Crippen molar-refractivity contribution in [2.24, 2.45) is 0 Å². The van der Waals surface area contributed by atoms with E-state index in [4.69, 9.17) is 9.26 Å². The number of hydrogen-bond donors (Lipinski definition) is 2. The van der Waals surface area contributed by atoms with Crippen LogP contribution in [0.25, 0.3) is 11.1 Å². The fourth-order valence-corrected chi connectivity index (χ4v) is 3.15. The number of alkyl halides is 3. The van der Waals surface area contributed by atoms with Crippen LogP contribution in [0.4, 0.5) is 29.5 Å². The molecule has 0 aliphatic heterocycles. The zero-order valence-corrected chi connectivity index (χ0v) is 17.8. The Morgan fingerprint density at radius 3 is 2.59 bits per heavy atom. The molecule has 11 heteroatoms. The molecule has 0 aliphatic carbocycles. The van der Waals surface area contributed by atoms with E-state index in [2.05, 4.69) is 20.9 Å². The summed E-state index contributed by atoms with van der Waals surface area (Å²) in [6.45, 7) is 0.375. The van der Waals surface area contributed by atoms with Gasteiger partial charge in [-0.05, 0) is 40.1 Å². The van der Waals surface area contributed by atoms with Gasteiger partial charge in [0.25, 0.3) is 6.20 Å². The van der Waals surface area contributed by atoms with Gasteiger partial charge in [0.2, 0.25) is 17.7 Å². The number of hydrogen-bond acceptors (Lipinski definition) is 5. The maximum absolute atomic E-state index is 12.8. The number of carbonyl (C=O) groups is 1. The zero-order valence-electron chi connectivity index (χ0n) is 17.8. The number of carbonyl (C=O) groups excluding carboxylic acids is 1. The normalized spacial score (nSPS) is 11.2. The number of aromatic nitrogens is 3. The number of benzene rings is 2. The molecule has 0 unspecified atom stereocenters. The summed E-state index contributed by atoms with van der Waals surface area (Å²) >= 11 is 0. The van der Waals surface area contributed by atoms with E-state index in [1.54, 1.807) is 13.3 Å². The Morgan fingerprint density at radius 1 is 1.06 bits per heavy atom. The fourth-order valence-electron chi connectivity index (χ4n) is 3.15. The van der Waals surface area contributed by atoms with E-state index < -0.39 is 17.8 Å². The standard InChI is InChI=1S/C23H18F3N5O3/c1-33-20-11-17(9-10-27-20)16-7-5-15(6-8-16)13-31-14-21(34-30-31)29-22(32)28-19-4-2-3-18(12-19)23(24,25)26/h2-12,14H,13H2,1H3,(H-,28,29,30,32)/p+1. The van der Waals surface area contributed by atoms with Crippen LogP contribution >= 0.6 is 0 Å². The highest BCUT2D eigenvalue weighted by Crippen LogP contribution is 2.30. The summed E-state index contributed by atoms with van der Waals surface area (Å²) in [5, 5.41) is 8.58. The van der Waals surface area contributed by atoms with Crippen LogP contribution in [-0.2, 0) is 12.7 Å². The van der Waals surface area contributed by atoms with Crippen LogP contribution in [0.3, 0.4) is 0 Å². The highest BCUT2D eigenvalue weighted by atomic mass is 19.4. The summed E-state index contributed by atoms with van der Waals surface area (Å²) in [7, 11) is 1.56. The van der Waals surface area contributed by atoms with Crippen LogP contribution < -0.4 is 20.1 Å². The van der Waals surface area contributed by atoms with Crippen LogP contribution in [0.1, 0.15) is 11.1 Å². The van der Waals surface area contributed by atoms with E-state index in [-0.39, 0.29) is 11.6 Å². The molecule has 0 saturated carbocycles. The van der Waals surface area contributed by atoms with Crippen LogP contribution in [0.2, 0.25) is 0 Å². The van der Waals surface area contributed by atoms with Crippen molar-refractivity contribution < 1.29 is 31.9 Å². The number of rotatable bonds is 6. The maximum atomic E-state index is 12.8. The lowest BCUT2D eigenvalue weighted by Crippen LogP contribution is -2.35. The summed E-state index contributed by atoms with van der Waals surface area (Å²) in [6.07, 6.45) is -1.37. The molecule has 0 radical (unpaired) electrons. The molecule has 4 rings (SSSR count). The average molecular weight is 470 g/mol. The minimum absolute atomic E-state index is 0.00776. The number of nitrogens with one attached hydrogen (secondary N) is 2. The molecule has 2 aromatic heterocycles. The van der Waals surface area contributed by atoms with Crippen LogP contribution in [0.5, 0.6) is 5.88 Å². The second-order valence-corrected chi connectivity index (χ2v) is 7.21. The number of halogens is 3. The number of methoxy groups -OCH3 is 1. The Hall–Kier alpha value is -4.41. The summed E-state index contributed by atoms with van der Waals surface area (Å²) in [5.41, 5.74) is 2.01. The van der Waals surface area contributed by atoms with Gasteiger partial charge in [-0.25, -0.2) is 9.78 Å². The third-order valence-electron chi connectivity index (χ3n) is 4.77. The lowest BCUT2D eigenvalue weighted by molar-refractivity contribution is -0.754. The van der Waals surface area contributed by atoms with Gasteiger partial charge in [-0.1, -0.05) is 30.3 Å². The first-order valence-electron chi connectivity index (χ1n) is 10.0. The molecule has 2 aromatic carbocycles. The van der Waals surface area contributed by atoms with Crippen molar-refractivity contribution in [1.29, 1.82) is 0 Å². The van der Waals surface area contributed by atoms with Crippen molar-refractivity contribution >= 4 is 17.6 Å². The van der Waals surface area contributed by atoms with Crippen molar-refractivity contribution in [1.82, 2.24) is 10.3 Å². The quantitative estimate of drug-likeness (QED) is 0.397. The molecule has 2 amide bonds. The average Bonchev–Trinajstić information content (AvgIpc) is 3.25. The SMILES string of the molecule is COc1cc(-c2ccc(C[n+]3cc(NC(=O)Nc4cccc(C(F)(F)F)c4)on3)cc2)ccn1. The smallest absolute Gasteiger partial charge is 0.416 e. The van der Waals surface area contributed by atoms with Crippen molar-refractivity contribution in [2.45, 2.75) is 12.7 Å². The summed E-state index contributed by atoms with van der Waals surface area (Å²) in [4.78, 5) is 16.2. The molecule has 0 aliphatic rings. The number of amides is 2. The summed E-state index contributed by atoms with van der Waals surface area (Å²) < 4.78 is 50.1. The number of ether oxygens (including phenoxy) is 1. The molecule has 0 saturated heterocycles. The van der Waals surface area contributed by atoms with E-state index in [9.17, 15) is 18.0 Å². The van der Waals surface area contributed by atoms with Gasteiger partial charge < -0.3 is 10.1 Å². The predicted octanol–water partition coefficient (Wildman–Crippen LogP) is 4.74. The van der Waals surface area contributed by atoms with E-state index in [0.29, 0.717) is 12.4 Å². The van der Waals surface area contributed by atoms with E-state index in [1.807, 2.05) is 36.4 Å². The molecule has 2 N–H and O–H groups in total. The van der Waals surface area contributed by atoms with Gasteiger partial charge in [0, 0.05) is 23.5 Å². The van der Waals surface area contributed by atoms with Gasteiger partial charge in [-0.15, -0.1) is 0 Å². The van der Waals surface area contributed by atoms with E-state index in [1.165, 1.54) is 23.0 Å². The zero-order chi connectivity index (χ0) is 24.1. The Bertz CT molecular complexity index is 1290. The monoisotopic (exact) mass is 470 g/mol. The predicted molar refractivity (Wildman–Crippen MR) is 116 cm³/mol. The van der Waals surface area contributed by atoms with Crippen LogP contribution in [-0.4, -0.2) is 23.4 Å². The van der Waals surface area contributed by atoms with Crippen LogP contribution in [0, 0.1) is 0 Å². The van der Waals surface area contributed by atoms with Gasteiger partial charge in [-0.3, -0.25) is 9.84 Å². The lowest BCUT2D eigenvalue weighted by Gasteiger charge is -2.09. The van der Waals surface area contributed by atoms with Gasteiger partial charge in [-0.2, -0.15) is 13.2 Å². The molecule has 174 valence electrons. The Labute approximate surface area is 192 Å². The fraction of sp³-hybridized carbons (Fsp3) is 0.130. The highest BCUT2D eigenvalue weighted by molar-refractivity contribution is 5.98. The Kier molecular flexibility index (Phi) is 6.44. The number of pyridine rings is 1. The van der Waals surface area contributed by atoms with Crippen molar-refractivity contribution in [3.05, 3.63) is 84.2 Å². The van der Waals surface area contributed by atoms with Gasteiger partial charge >= 0.3 is 18.1 Å². The van der Waals surface area contributed by atoms with E-state index >= 15 is 0 Å². The molecule has 0 atom stereocenters. The third kappa shape index (κ3) is 5.68. The third-order valence-corrected chi connectivity index (χ3v) is 4.77. The van der Waals surface area contributed by atoms with Gasteiger partial charge in [0.1, 0.15) is 0 Å². The first-order valence-corrected chi connectivity index (χ1v) is 10.0. The first-order chi connectivity index (χ1) is 16.3. The molecule has 4 aromatic rings. The molecular weight excluding hydrogens is 451 g/mol. The topological polar surface area (TPSA) is 93.2 Å². The number of urea groups is 1. The highest BCUT2D eigenvalue weighted by Gasteiger charge is 2.30.